The Labute approximate surface area is 163 Å². The molecule has 2 aromatic heterocycles. The second-order valence-corrected chi connectivity index (χ2v) is 6.43. The molecule has 0 bridgehead atoms. The molecule has 0 atom stereocenters. The number of alkyl halides is 3. The molecule has 2 heterocycles. The van der Waals surface area contributed by atoms with E-state index in [4.69, 9.17) is 0 Å². The minimum Gasteiger partial charge on any atom is -0.321 e. The summed E-state index contributed by atoms with van der Waals surface area (Å²) in [5, 5.41) is 4.26. The molecule has 0 saturated heterocycles. The van der Waals surface area contributed by atoms with Crippen molar-refractivity contribution in [3.8, 4) is 11.3 Å². The topological polar surface area (TPSA) is 50.7 Å². The maximum atomic E-state index is 14.5. The van der Waals surface area contributed by atoms with Gasteiger partial charge in [-0.3, -0.25) is 4.98 Å². The van der Waals surface area contributed by atoms with Crippen LogP contribution >= 0.6 is 0 Å². The minimum absolute atomic E-state index is 0.128. The summed E-state index contributed by atoms with van der Waals surface area (Å²) in [6.45, 7) is 1.80. The second kappa shape index (κ2) is 7.12. The quantitative estimate of drug-likeness (QED) is 0.437. The molecule has 0 saturated carbocycles. The maximum Gasteiger partial charge on any atom is 0.416 e. The molecule has 4 rings (SSSR count). The van der Waals surface area contributed by atoms with Gasteiger partial charge in [0.05, 0.1) is 16.9 Å². The summed E-state index contributed by atoms with van der Waals surface area (Å²) in [5.41, 5.74) is 1.09. The molecule has 0 aliphatic carbocycles. The van der Waals surface area contributed by atoms with Gasteiger partial charge in [-0.2, -0.15) is 13.2 Å². The van der Waals surface area contributed by atoms with E-state index in [2.05, 4.69) is 20.3 Å². The highest BCUT2D eigenvalue weighted by atomic mass is 19.4. The van der Waals surface area contributed by atoms with E-state index in [0.29, 0.717) is 16.6 Å². The Morgan fingerprint density at radius 3 is 2.41 bits per heavy atom. The fraction of sp³-hybridized carbons (Fsp3) is 0.0952. The lowest BCUT2D eigenvalue weighted by Crippen LogP contribution is -2.04. The lowest BCUT2D eigenvalue weighted by Gasteiger charge is -2.11. The van der Waals surface area contributed by atoms with E-state index >= 15 is 0 Å². The van der Waals surface area contributed by atoms with Gasteiger partial charge in [-0.15, -0.1) is 0 Å². The highest BCUT2D eigenvalue weighted by Gasteiger charge is 2.30. The van der Waals surface area contributed by atoms with E-state index in [1.54, 1.807) is 31.3 Å². The summed E-state index contributed by atoms with van der Waals surface area (Å²) in [7, 11) is 0. The van der Waals surface area contributed by atoms with Gasteiger partial charge in [0.15, 0.2) is 0 Å². The Balaban J connectivity index is 1.69. The zero-order valence-corrected chi connectivity index (χ0v) is 15.1. The number of nitrogens with one attached hydrogen (secondary N) is 1. The number of pyridine rings is 1. The van der Waals surface area contributed by atoms with Gasteiger partial charge in [0.25, 0.3) is 0 Å². The van der Waals surface area contributed by atoms with Crippen LogP contribution in [-0.2, 0) is 6.18 Å². The van der Waals surface area contributed by atoms with Crippen molar-refractivity contribution in [3.05, 3.63) is 78.0 Å². The fourth-order valence-electron chi connectivity index (χ4n) is 2.94. The number of anilines is 2. The number of halogens is 4. The van der Waals surface area contributed by atoms with Gasteiger partial charge in [0, 0.05) is 34.4 Å². The highest BCUT2D eigenvalue weighted by molar-refractivity contribution is 5.95. The Morgan fingerprint density at radius 1 is 0.931 bits per heavy atom. The van der Waals surface area contributed by atoms with E-state index < -0.39 is 17.6 Å². The van der Waals surface area contributed by atoms with E-state index in [0.717, 1.165) is 23.2 Å². The van der Waals surface area contributed by atoms with Crippen LogP contribution in [0.5, 0.6) is 0 Å². The van der Waals surface area contributed by atoms with Crippen molar-refractivity contribution < 1.29 is 17.6 Å². The summed E-state index contributed by atoms with van der Waals surface area (Å²) >= 11 is 0. The van der Waals surface area contributed by atoms with Crippen LogP contribution in [0.3, 0.4) is 0 Å². The monoisotopic (exact) mass is 398 g/mol. The Bertz CT molecular complexity index is 1180. The van der Waals surface area contributed by atoms with Crippen LogP contribution in [0, 0.1) is 12.7 Å². The first-order chi connectivity index (χ1) is 13.8. The largest absolute Gasteiger partial charge is 0.416 e. The third-order valence-electron chi connectivity index (χ3n) is 4.39. The molecule has 2 aromatic carbocycles. The van der Waals surface area contributed by atoms with Crippen molar-refractivity contribution in [2.75, 3.05) is 5.32 Å². The molecule has 8 heteroatoms. The van der Waals surface area contributed by atoms with E-state index in [1.165, 1.54) is 24.4 Å². The zero-order chi connectivity index (χ0) is 20.6. The Morgan fingerprint density at radius 2 is 1.69 bits per heavy atom. The molecule has 0 spiro atoms. The maximum absolute atomic E-state index is 14.5. The van der Waals surface area contributed by atoms with E-state index in [-0.39, 0.29) is 11.6 Å². The van der Waals surface area contributed by atoms with Crippen LogP contribution in [0.25, 0.3) is 22.0 Å². The van der Waals surface area contributed by atoms with Crippen molar-refractivity contribution in [2.24, 2.45) is 0 Å². The first kappa shape index (κ1) is 18.8. The standard InChI is InChI=1S/C21H14F4N4/c1-12-10-16-14(11-27-12)4-7-17(22)19(16)29-20-26-9-8-18(28-20)13-2-5-15(6-3-13)21(23,24)25/h2-11H,1H3,(H,26,28,29). The van der Waals surface area contributed by atoms with Gasteiger partial charge in [0.2, 0.25) is 5.95 Å². The molecule has 0 aliphatic heterocycles. The van der Waals surface area contributed by atoms with Crippen molar-refractivity contribution >= 4 is 22.4 Å². The number of aromatic nitrogens is 3. The Hall–Kier alpha value is -3.55. The van der Waals surface area contributed by atoms with Crippen LogP contribution < -0.4 is 5.32 Å². The van der Waals surface area contributed by atoms with E-state index in [9.17, 15) is 17.6 Å². The number of fused-ring (bicyclic) bond motifs is 1. The van der Waals surface area contributed by atoms with Crippen LogP contribution in [0.1, 0.15) is 11.3 Å². The van der Waals surface area contributed by atoms with Crippen LogP contribution in [0.2, 0.25) is 0 Å². The van der Waals surface area contributed by atoms with Gasteiger partial charge in [-0.25, -0.2) is 14.4 Å². The number of hydrogen-bond donors (Lipinski definition) is 1. The molecule has 0 amide bonds. The number of nitrogens with zero attached hydrogens (tertiary/aromatic N) is 3. The zero-order valence-electron chi connectivity index (χ0n) is 15.1. The lowest BCUT2D eigenvalue weighted by atomic mass is 10.1. The Kier molecular flexibility index (Phi) is 4.62. The average molecular weight is 398 g/mol. The molecule has 1 N–H and O–H groups in total. The first-order valence-electron chi connectivity index (χ1n) is 8.64. The number of rotatable bonds is 3. The second-order valence-electron chi connectivity index (χ2n) is 6.43. The van der Waals surface area contributed by atoms with Crippen molar-refractivity contribution in [1.82, 2.24) is 15.0 Å². The number of aryl methyl sites for hydroxylation is 1. The molecule has 29 heavy (non-hydrogen) atoms. The summed E-state index contributed by atoms with van der Waals surface area (Å²) in [6.07, 6.45) is -1.30. The van der Waals surface area contributed by atoms with E-state index in [1.807, 2.05) is 0 Å². The molecular weight excluding hydrogens is 384 g/mol. The van der Waals surface area contributed by atoms with Crippen molar-refractivity contribution in [3.63, 3.8) is 0 Å². The van der Waals surface area contributed by atoms with Crippen molar-refractivity contribution in [2.45, 2.75) is 13.1 Å². The molecule has 0 unspecified atom stereocenters. The fourth-order valence-corrected chi connectivity index (χ4v) is 2.94. The number of benzene rings is 2. The summed E-state index contributed by atoms with van der Waals surface area (Å²) in [6, 6.07) is 10.9. The normalized spacial score (nSPS) is 11.6. The number of hydrogen-bond acceptors (Lipinski definition) is 4. The molecule has 146 valence electrons. The average Bonchev–Trinajstić information content (AvgIpc) is 2.70. The van der Waals surface area contributed by atoms with Gasteiger partial charge in [-0.1, -0.05) is 12.1 Å². The molecule has 0 aliphatic rings. The molecule has 4 aromatic rings. The molecule has 4 nitrogen and oxygen atoms in total. The van der Waals surface area contributed by atoms with Crippen LogP contribution in [0.15, 0.2) is 60.9 Å². The third-order valence-corrected chi connectivity index (χ3v) is 4.39. The predicted molar refractivity (Wildman–Crippen MR) is 102 cm³/mol. The molecular formula is C21H14F4N4. The SMILES string of the molecule is Cc1cc2c(Nc3nccc(-c4ccc(C(F)(F)F)cc4)n3)c(F)ccc2cn1. The minimum atomic E-state index is -4.41. The van der Waals surface area contributed by atoms with Gasteiger partial charge >= 0.3 is 6.18 Å². The third kappa shape index (κ3) is 3.87. The lowest BCUT2D eigenvalue weighted by molar-refractivity contribution is -0.137. The summed E-state index contributed by atoms with van der Waals surface area (Å²) in [4.78, 5) is 12.6. The highest BCUT2D eigenvalue weighted by Crippen LogP contribution is 2.32. The first-order valence-corrected chi connectivity index (χ1v) is 8.64. The van der Waals surface area contributed by atoms with Crippen LogP contribution in [-0.4, -0.2) is 15.0 Å². The van der Waals surface area contributed by atoms with Gasteiger partial charge in [-0.05, 0) is 43.3 Å². The van der Waals surface area contributed by atoms with Crippen molar-refractivity contribution in [1.29, 1.82) is 0 Å². The predicted octanol–water partition coefficient (Wildman–Crippen LogP) is 5.90. The van der Waals surface area contributed by atoms with Gasteiger partial charge < -0.3 is 5.32 Å². The molecule has 0 radical (unpaired) electrons. The van der Waals surface area contributed by atoms with Gasteiger partial charge in [0.1, 0.15) is 5.82 Å². The smallest absolute Gasteiger partial charge is 0.321 e. The molecule has 0 fully saturated rings. The van der Waals surface area contributed by atoms with Crippen LogP contribution in [0.4, 0.5) is 29.2 Å². The summed E-state index contributed by atoms with van der Waals surface area (Å²) < 4.78 is 52.7. The summed E-state index contributed by atoms with van der Waals surface area (Å²) in [5.74, 6) is -0.352.